The zero-order chi connectivity index (χ0) is 16.6. The van der Waals surface area contributed by atoms with E-state index < -0.39 is 22.5 Å². The molecule has 4 heterocycles. The first kappa shape index (κ1) is 14.1. The summed E-state index contributed by atoms with van der Waals surface area (Å²) in [6, 6.07) is 3.30. The minimum atomic E-state index is -0.927. The van der Waals surface area contributed by atoms with Crippen molar-refractivity contribution in [1.29, 1.82) is 0 Å². The summed E-state index contributed by atoms with van der Waals surface area (Å²) in [5.74, 6) is 1.66. The zero-order valence-corrected chi connectivity index (χ0v) is 13.3. The maximum absolute atomic E-state index is 12.3. The molecule has 0 saturated carbocycles. The molecule has 6 nitrogen and oxygen atoms in total. The molecule has 2 aromatic heterocycles. The Kier molecular flexibility index (Phi) is 2.50. The highest BCUT2D eigenvalue weighted by Gasteiger charge is 2.55. The van der Waals surface area contributed by atoms with Gasteiger partial charge >= 0.3 is 11.3 Å². The van der Waals surface area contributed by atoms with Gasteiger partial charge in [-0.05, 0) is 27.7 Å². The number of rotatable bonds is 0. The van der Waals surface area contributed by atoms with Gasteiger partial charge in [-0.2, -0.15) is 0 Å². The molecule has 2 bridgehead atoms. The second-order valence-electron chi connectivity index (χ2n) is 6.61. The number of aryl methyl sites for hydroxylation is 2. The van der Waals surface area contributed by atoms with Crippen LogP contribution in [0.15, 0.2) is 30.6 Å². The van der Waals surface area contributed by atoms with Crippen LogP contribution in [0.25, 0.3) is 0 Å². The average molecular weight is 316 g/mol. The van der Waals surface area contributed by atoms with Gasteiger partial charge in [-0.25, -0.2) is 9.59 Å². The van der Waals surface area contributed by atoms with Crippen LogP contribution in [0.2, 0.25) is 0 Å². The van der Waals surface area contributed by atoms with Crippen molar-refractivity contribution in [2.75, 3.05) is 0 Å². The van der Waals surface area contributed by atoms with Crippen molar-refractivity contribution in [2.45, 2.75) is 45.3 Å². The van der Waals surface area contributed by atoms with E-state index in [9.17, 15) is 9.59 Å². The van der Waals surface area contributed by atoms with Crippen molar-refractivity contribution in [1.82, 2.24) is 0 Å². The van der Waals surface area contributed by atoms with Gasteiger partial charge in [0, 0.05) is 18.6 Å². The van der Waals surface area contributed by atoms with Gasteiger partial charge in [-0.1, -0.05) is 0 Å². The van der Waals surface area contributed by atoms with Crippen molar-refractivity contribution in [2.24, 2.45) is 0 Å². The zero-order valence-electron chi connectivity index (χ0n) is 13.3. The van der Waals surface area contributed by atoms with Gasteiger partial charge in [0.15, 0.2) is 0 Å². The van der Waals surface area contributed by atoms with Crippen molar-refractivity contribution in [3.63, 3.8) is 0 Å². The summed E-state index contributed by atoms with van der Waals surface area (Å²) in [5, 5.41) is 0. The van der Waals surface area contributed by atoms with Crippen molar-refractivity contribution in [3.8, 4) is 11.5 Å². The monoisotopic (exact) mass is 316 g/mol. The van der Waals surface area contributed by atoms with E-state index in [4.69, 9.17) is 18.3 Å². The van der Waals surface area contributed by atoms with Crippen LogP contribution in [0.1, 0.15) is 42.9 Å². The van der Waals surface area contributed by atoms with Gasteiger partial charge < -0.3 is 18.3 Å². The Morgan fingerprint density at radius 2 is 1.22 bits per heavy atom. The summed E-state index contributed by atoms with van der Waals surface area (Å²) in [6.45, 7) is 6.97. The van der Waals surface area contributed by atoms with Gasteiger partial charge in [-0.15, -0.1) is 0 Å². The van der Waals surface area contributed by atoms with Crippen molar-refractivity contribution < 1.29 is 18.3 Å². The van der Waals surface area contributed by atoms with E-state index in [0.29, 0.717) is 40.6 Å². The minimum Gasteiger partial charge on any atom is -0.481 e. The van der Waals surface area contributed by atoms with E-state index in [1.54, 1.807) is 26.0 Å². The van der Waals surface area contributed by atoms with E-state index in [2.05, 4.69) is 0 Å². The molecule has 6 heteroatoms. The van der Waals surface area contributed by atoms with Crippen molar-refractivity contribution >= 4 is 0 Å². The van der Waals surface area contributed by atoms with Crippen LogP contribution in [0.4, 0.5) is 0 Å². The molecule has 0 aliphatic carbocycles. The quantitative estimate of drug-likeness (QED) is 0.743. The maximum Gasteiger partial charge on any atom is 0.346 e. The number of fused-ring (bicyclic) bond motifs is 6. The summed E-state index contributed by atoms with van der Waals surface area (Å²) in [6.07, 6.45) is 0.321. The Balaban J connectivity index is 2.05. The van der Waals surface area contributed by atoms with Crippen LogP contribution < -0.4 is 20.7 Å². The molecule has 2 atom stereocenters. The molecule has 0 spiro atoms. The fourth-order valence-corrected chi connectivity index (χ4v) is 3.76. The molecule has 2 aliphatic rings. The Hall–Kier alpha value is -2.50. The van der Waals surface area contributed by atoms with Gasteiger partial charge in [0.1, 0.15) is 45.3 Å². The summed E-state index contributed by atoms with van der Waals surface area (Å²) in [7, 11) is 0. The molecule has 0 radical (unpaired) electrons. The van der Waals surface area contributed by atoms with Crippen LogP contribution >= 0.6 is 0 Å². The highest BCUT2D eigenvalue weighted by atomic mass is 16.5. The summed E-state index contributed by atoms with van der Waals surface area (Å²) in [4.78, 5) is 24.7. The fourth-order valence-electron chi connectivity index (χ4n) is 3.76. The number of hydrogen-bond acceptors (Lipinski definition) is 6. The van der Waals surface area contributed by atoms with Gasteiger partial charge in [0.25, 0.3) is 0 Å². The second kappa shape index (κ2) is 4.07. The molecule has 0 fully saturated rings. The molecule has 0 aromatic carbocycles. The number of ether oxygens (including phenoxy) is 2. The molecule has 0 amide bonds. The third-order valence-corrected chi connectivity index (χ3v) is 4.48. The van der Waals surface area contributed by atoms with Crippen LogP contribution in [-0.4, -0.2) is 0 Å². The largest absolute Gasteiger partial charge is 0.481 e. The highest BCUT2D eigenvalue weighted by Crippen LogP contribution is 2.53. The molecular formula is C17H16O6. The molecule has 2 aromatic rings. The molecule has 23 heavy (non-hydrogen) atoms. The van der Waals surface area contributed by atoms with E-state index in [1.165, 1.54) is 0 Å². The molecule has 120 valence electrons. The molecule has 0 unspecified atom stereocenters. The summed E-state index contributed by atoms with van der Waals surface area (Å²) >= 11 is 0. The maximum atomic E-state index is 12.3. The smallest absolute Gasteiger partial charge is 0.346 e. The predicted molar refractivity (Wildman–Crippen MR) is 80.0 cm³/mol. The van der Waals surface area contributed by atoms with Crippen molar-refractivity contribution in [3.05, 3.63) is 55.6 Å². The Morgan fingerprint density at radius 1 is 0.826 bits per heavy atom. The first-order chi connectivity index (χ1) is 10.7. The molecule has 2 aliphatic heterocycles. The fraction of sp³-hybridized carbons (Fsp3) is 0.412. The topological polar surface area (TPSA) is 78.9 Å². The molecular weight excluding hydrogens is 300 g/mol. The SMILES string of the molecule is Cc1cc2c(c(=O)o1)[C@@]1(C)C[C@@](C)(O2)c2c(cc(C)oc2=O)O1. The van der Waals surface area contributed by atoms with Gasteiger partial charge in [0.05, 0.1) is 0 Å². The first-order valence-electron chi connectivity index (χ1n) is 7.40. The van der Waals surface area contributed by atoms with Gasteiger partial charge in [-0.3, -0.25) is 0 Å². The standard InChI is InChI=1S/C17H16O6/c1-8-5-10-12(14(18)20-8)16(3)7-17(4,22-10)13-11(23-16)6-9(2)21-15(13)19/h5-6H,7H2,1-4H3/t16-,17-/m1/s1. The average Bonchev–Trinajstić information content (AvgIpc) is 2.33. The van der Waals surface area contributed by atoms with E-state index in [1.807, 2.05) is 13.8 Å². The lowest BCUT2D eigenvalue weighted by Gasteiger charge is -2.48. The Labute approximate surface area is 131 Å². The lowest BCUT2D eigenvalue weighted by Crippen LogP contribution is -2.53. The van der Waals surface area contributed by atoms with E-state index in [0.717, 1.165) is 0 Å². The molecule has 0 saturated heterocycles. The highest BCUT2D eigenvalue weighted by molar-refractivity contribution is 5.48. The lowest BCUT2D eigenvalue weighted by atomic mass is 9.76. The van der Waals surface area contributed by atoms with Crippen LogP contribution in [0.3, 0.4) is 0 Å². The van der Waals surface area contributed by atoms with E-state index >= 15 is 0 Å². The van der Waals surface area contributed by atoms with Crippen LogP contribution in [-0.2, 0) is 11.2 Å². The third kappa shape index (κ3) is 1.81. The predicted octanol–water partition coefficient (Wildman–Crippen LogP) is 2.52. The van der Waals surface area contributed by atoms with Gasteiger partial charge in [0.2, 0.25) is 0 Å². The van der Waals surface area contributed by atoms with E-state index in [-0.39, 0.29) is 0 Å². The number of hydrogen-bond donors (Lipinski definition) is 0. The summed E-state index contributed by atoms with van der Waals surface area (Å²) < 4.78 is 22.5. The Bertz CT molecular complexity index is 875. The molecule has 0 N–H and O–H groups in total. The second-order valence-corrected chi connectivity index (χ2v) is 6.61. The third-order valence-electron chi connectivity index (χ3n) is 4.48. The lowest BCUT2D eigenvalue weighted by molar-refractivity contribution is -0.0786. The van der Waals surface area contributed by atoms with Crippen LogP contribution in [0.5, 0.6) is 11.5 Å². The van der Waals surface area contributed by atoms with Crippen LogP contribution in [0, 0.1) is 13.8 Å². The minimum absolute atomic E-state index is 0.321. The first-order valence-corrected chi connectivity index (χ1v) is 7.40. The normalized spacial score (nSPS) is 27.5. The molecule has 4 rings (SSSR count). The summed E-state index contributed by atoms with van der Waals surface area (Å²) in [5.41, 5.74) is -2.12. The Morgan fingerprint density at radius 3 is 1.61 bits per heavy atom.